The molecule has 1 heteroatoms. The SMILES string of the molecule is CC.Cc1ccc2ccc(I)cc2c1. The summed E-state index contributed by atoms with van der Waals surface area (Å²) < 4.78 is 1.30. The molecule has 14 heavy (non-hydrogen) atoms. The first-order chi connectivity index (χ1) is 6.75. The monoisotopic (exact) mass is 298 g/mol. The summed E-state index contributed by atoms with van der Waals surface area (Å²) in [7, 11) is 0. The van der Waals surface area contributed by atoms with E-state index in [4.69, 9.17) is 0 Å². The van der Waals surface area contributed by atoms with Crippen LogP contribution in [0.5, 0.6) is 0 Å². The number of hydrogen-bond donors (Lipinski definition) is 0. The van der Waals surface area contributed by atoms with Crippen molar-refractivity contribution in [2.45, 2.75) is 20.8 Å². The molecular weight excluding hydrogens is 283 g/mol. The number of rotatable bonds is 0. The predicted molar refractivity (Wildman–Crippen MR) is 72.8 cm³/mol. The summed E-state index contributed by atoms with van der Waals surface area (Å²) in [5, 5.41) is 2.66. The molecule has 0 saturated carbocycles. The van der Waals surface area contributed by atoms with Crippen molar-refractivity contribution in [2.24, 2.45) is 0 Å². The van der Waals surface area contributed by atoms with Crippen LogP contribution in [0.1, 0.15) is 19.4 Å². The number of halogens is 1. The van der Waals surface area contributed by atoms with Crippen LogP contribution in [-0.2, 0) is 0 Å². The van der Waals surface area contributed by atoms with Crippen molar-refractivity contribution in [2.75, 3.05) is 0 Å². The average molecular weight is 298 g/mol. The fraction of sp³-hybridized carbons (Fsp3) is 0.231. The first-order valence-electron chi connectivity index (χ1n) is 4.92. The maximum absolute atomic E-state index is 2.34. The summed E-state index contributed by atoms with van der Waals surface area (Å²) in [4.78, 5) is 0. The van der Waals surface area contributed by atoms with Crippen molar-refractivity contribution in [3.63, 3.8) is 0 Å². The summed E-state index contributed by atoms with van der Waals surface area (Å²) in [5.41, 5.74) is 1.32. The smallest absolute Gasteiger partial charge is 0.0136 e. The number of aryl methyl sites for hydroxylation is 1. The van der Waals surface area contributed by atoms with Crippen molar-refractivity contribution in [3.05, 3.63) is 45.5 Å². The van der Waals surface area contributed by atoms with Crippen molar-refractivity contribution in [1.29, 1.82) is 0 Å². The molecule has 0 amide bonds. The van der Waals surface area contributed by atoms with Gasteiger partial charge in [-0.05, 0) is 52.4 Å². The molecule has 74 valence electrons. The molecule has 0 aliphatic rings. The third-order valence-electron chi connectivity index (χ3n) is 1.96. The molecular formula is C13H15I. The van der Waals surface area contributed by atoms with Crippen LogP contribution in [0.3, 0.4) is 0 Å². The fourth-order valence-electron chi connectivity index (χ4n) is 1.34. The van der Waals surface area contributed by atoms with Crippen molar-refractivity contribution < 1.29 is 0 Å². The Labute approximate surface area is 99.5 Å². The minimum absolute atomic E-state index is 1.30. The predicted octanol–water partition coefficient (Wildman–Crippen LogP) is 4.78. The summed E-state index contributed by atoms with van der Waals surface area (Å²) in [6, 6.07) is 13.0. The first-order valence-corrected chi connectivity index (χ1v) is 5.99. The van der Waals surface area contributed by atoms with Gasteiger partial charge in [-0.25, -0.2) is 0 Å². The van der Waals surface area contributed by atoms with Gasteiger partial charge in [0.2, 0.25) is 0 Å². The highest BCUT2D eigenvalue weighted by molar-refractivity contribution is 14.1. The zero-order valence-electron chi connectivity index (χ0n) is 8.84. The van der Waals surface area contributed by atoms with Gasteiger partial charge >= 0.3 is 0 Å². The van der Waals surface area contributed by atoms with Gasteiger partial charge in [-0.2, -0.15) is 0 Å². The second-order valence-corrected chi connectivity index (χ2v) is 4.24. The Hall–Kier alpha value is -0.570. The minimum atomic E-state index is 1.30. The maximum atomic E-state index is 2.34. The van der Waals surface area contributed by atoms with E-state index in [-0.39, 0.29) is 0 Å². The highest BCUT2D eigenvalue weighted by Crippen LogP contribution is 2.18. The van der Waals surface area contributed by atoms with Crippen LogP contribution >= 0.6 is 22.6 Å². The molecule has 0 radical (unpaired) electrons. The van der Waals surface area contributed by atoms with Crippen LogP contribution in [0.2, 0.25) is 0 Å². The molecule has 2 aromatic rings. The molecule has 0 aromatic heterocycles. The molecule has 0 bridgehead atoms. The molecule has 0 aliphatic carbocycles. The van der Waals surface area contributed by atoms with Crippen molar-refractivity contribution >= 4 is 33.4 Å². The van der Waals surface area contributed by atoms with E-state index in [2.05, 4.69) is 65.9 Å². The Morgan fingerprint density at radius 2 is 1.50 bits per heavy atom. The lowest BCUT2D eigenvalue weighted by atomic mass is 10.1. The van der Waals surface area contributed by atoms with Gasteiger partial charge in [0.25, 0.3) is 0 Å². The van der Waals surface area contributed by atoms with Gasteiger partial charge < -0.3 is 0 Å². The largest absolute Gasteiger partial charge is 0.0683 e. The Morgan fingerprint density at radius 3 is 2.21 bits per heavy atom. The molecule has 0 fully saturated rings. The zero-order valence-corrected chi connectivity index (χ0v) is 11.0. The number of fused-ring (bicyclic) bond motifs is 1. The van der Waals surface area contributed by atoms with Crippen LogP contribution in [-0.4, -0.2) is 0 Å². The van der Waals surface area contributed by atoms with Crippen LogP contribution in [0.4, 0.5) is 0 Å². The fourth-order valence-corrected chi connectivity index (χ4v) is 1.85. The van der Waals surface area contributed by atoms with Gasteiger partial charge in [0, 0.05) is 3.57 Å². The van der Waals surface area contributed by atoms with E-state index in [0.717, 1.165) is 0 Å². The third kappa shape index (κ3) is 2.71. The lowest BCUT2D eigenvalue weighted by Crippen LogP contribution is -1.76. The van der Waals surface area contributed by atoms with Crippen LogP contribution in [0, 0.1) is 10.5 Å². The van der Waals surface area contributed by atoms with E-state index in [0.29, 0.717) is 0 Å². The average Bonchev–Trinajstić information content (AvgIpc) is 2.20. The van der Waals surface area contributed by atoms with Gasteiger partial charge in [0.05, 0.1) is 0 Å². The third-order valence-corrected chi connectivity index (χ3v) is 2.63. The summed E-state index contributed by atoms with van der Waals surface area (Å²) in [6.45, 7) is 6.12. The Morgan fingerprint density at radius 1 is 0.857 bits per heavy atom. The zero-order chi connectivity index (χ0) is 10.6. The van der Waals surface area contributed by atoms with Gasteiger partial charge in [-0.15, -0.1) is 0 Å². The van der Waals surface area contributed by atoms with Gasteiger partial charge in [-0.3, -0.25) is 0 Å². The maximum Gasteiger partial charge on any atom is 0.0136 e. The lowest BCUT2D eigenvalue weighted by molar-refractivity contribution is 1.50. The Kier molecular flexibility index (Phi) is 4.39. The van der Waals surface area contributed by atoms with E-state index < -0.39 is 0 Å². The Bertz CT molecular complexity index is 382. The van der Waals surface area contributed by atoms with E-state index in [9.17, 15) is 0 Å². The van der Waals surface area contributed by atoms with E-state index in [1.54, 1.807) is 0 Å². The van der Waals surface area contributed by atoms with Crippen molar-refractivity contribution in [3.8, 4) is 0 Å². The van der Waals surface area contributed by atoms with Crippen LogP contribution in [0.15, 0.2) is 36.4 Å². The standard InChI is InChI=1S/C11H9I.C2H6/c1-8-2-3-9-4-5-11(12)7-10(9)6-8;1-2/h2-7H,1H3;1-2H3. The minimum Gasteiger partial charge on any atom is -0.0683 e. The molecule has 0 atom stereocenters. The molecule has 0 N–H and O–H groups in total. The summed E-state index contributed by atoms with van der Waals surface area (Å²) in [5.74, 6) is 0. The molecule has 0 spiro atoms. The highest BCUT2D eigenvalue weighted by Gasteiger charge is 1.93. The van der Waals surface area contributed by atoms with E-state index >= 15 is 0 Å². The molecule has 2 rings (SSSR count). The van der Waals surface area contributed by atoms with Crippen molar-refractivity contribution in [1.82, 2.24) is 0 Å². The molecule has 0 heterocycles. The number of benzene rings is 2. The van der Waals surface area contributed by atoms with Gasteiger partial charge in [0.15, 0.2) is 0 Å². The molecule has 0 aliphatic heterocycles. The van der Waals surface area contributed by atoms with E-state index in [1.807, 2.05) is 13.8 Å². The quantitative estimate of drug-likeness (QED) is 0.614. The normalized spacial score (nSPS) is 9.43. The van der Waals surface area contributed by atoms with E-state index in [1.165, 1.54) is 19.9 Å². The topological polar surface area (TPSA) is 0 Å². The van der Waals surface area contributed by atoms with Crippen LogP contribution in [0.25, 0.3) is 10.8 Å². The molecule has 0 saturated heterocycles. The van der Waals surface area contributed by atoms with Gasteiger partial charge in [-0.1, -0.05) is 43.7 Å². The lowest BCUT2D eigenvalue weighted by Gasteiger charge is -1.99. The summed E-state index contributed by atoms with van der Waals surface area (Å²) >= 11 is 2.34. The molecule has 2 aromatic carbocycles. The Balaban J connectivity index is 0.000000461. The molecule has 0 nitrogen and oxygen atoms in total. The highest BCUT2D eigenvalue weighted by atomic mass is 127. The van der Waals surface area contributed by atoms with Gasteiger partial charge in [0.1, 0.15) is 0 Å². The van der Waals surface area contributed by atoms with Crippen LogP contribution < -0.4 is 0 Å². The molecule has 0 unspecified atom stereocenters. The summed E-state index contributed by atoms with van der Waals surface area (Å²) in [6.07, 6.45) is 0. The number of hydrogen-bond acceptors (Lipinski definition) is 0. The second-order valence-electron chi connectivity index (χ2n) is 2.99. The first kappa shape index (κ1) is 11.5. The second kappa shape index (κ2) is 5.35.